The highest BCUT2D eigenvalue weighted by molar-refractivity contribution is 5.00. The summed E-state index contributed by atoms with van der Waals surface area (Å²) in [5.74, 6) is 0.927. The second-order valence-corrected chi connectivity index (χ2v) is 3.38. The highest BCUT2D eigenvalue weighted by Crippen LogP contribution is 2.56. The van der Waals surface area contributed by atoms with Crippen molar-refractivity contribution in [2.24, 2.45) is 11.3 Å². The van der Waals surface area contributed by atoms with Gasteiger partial charge in [0.1, 0.15) is 0 Å². The molecule has 1 unspecified atom stereocenters. The summed E-state index contributed by atoms with van der Waals surface area (Å²) in [6.45, 7) is 8.42. The minimum atomic E-state index is 0.720. The van der Waals surface area contributed by atoms with Crippen molar-refractivity contribution in [1.82, 2.24) is 0 Å². The molecule has 2 fully saturated rings. The summed E-state index contributed by atoms with van der Waals surface area (Å²) in [7, 11) is 0. The molecule has 2 atom stereocenters. The van der Waals surface area contributed by atoms with Gasteiger partial charge in [-0.2, -0.15) is 0 Å². The van der Waals surface area contributed by atoms with Crippen LogP contribution in [0.25, 0.3) is 0 Å². The van der Waals surface area contributed by atoms with E-state index in [2.05, 4.69) is 6.92 Å². The molecule has 1 heterocycles. The molecule has 0 aromatic carbocycles. The van der Waals surface area contributed by atoms with Crippen LogP contribution in [0.5, 0.6) is 0 Å². The van der Waals surface area contributed by atoms with E-state index in [0.29, 0.717) is 0 Å². The van der Waals surface area contributed by atoms with E-state index in [4.69, 9.17) is 4.74 Å². The fraction of sp³-hybridized carbons (Fsp3) is 1.00. The Labute approximate surface area is 63.8 Å². The first-order chi connectivity index (χ1) is 4.81. The van der Waals surface area contributed by atoms with Gasteiger partial charge in [0.05, 0.1) is 0 Å². The second-order valence-electron chi connectivity index (χ2n) is 3.38. The van der Waals surface area contributed by atoms with E-state index >= 15 is 0 Å². The van der Waals surface area contributed by atoms with Crippen molar-refractivity contribution in [3.63, 3.8) is 0 Å². The van der Waals surface area contributed by atoms with Gasteiger partial charge in [-0.1, -0.05) is 20.8 Å². The molecule has 60 valence electrons. The minimum absolute atomic E-state index is 0.720. The normalized spacial score (nSPS) is 42.9. The van der Waals surface area contributed by atoms with Crippen molar-refractivity contribution < 1.29 is 4.74 Å². The summed E-state index contributed by atoms with van der Waals surface area (Å²) in [6.07, 6.45) is 2.73. The van der Waals surface area contributed by atoms with Crippen LogP contribution in [0.1, 0.15) is 33.6 Å². The lowest BCUT2D eigenvalue weighted by Crippen LogP contribution is -2.14. The van der Waals surface area contributed by atoms with Crippen molar-refractivity contribution >= 4 is 0 Å². The van der Waals surface area contributed by atoms with Crippen LogP contribution in [-0.2, 0) is 4.74 Å². The molecule has 1 saturated carbocycles. The number of fused-ring (bicyclic) bond motifs is 1. The van der Waals surface area contributed by atoms with Crippen molar-refractivity contribution in [2.45, 2.75) is 33.6 Å². The van der Waals surface area contributed by atoms with Crippen molar-refractivity contribution in [1.29, 1.82) is 0 Å². The Balaban J connectivity index is 0.000000231. The molecule has 2 aliphatic rings. The highest BCUT2D eigenvalue weighted by Gasteiger charge is 2.51. The first-order valence-electron chi connectivity index (χ1n) is 4.39. The molecular weight excluding hydrogens is 124 g/mol. The standard InChI is InChI=1S/C7H12O.C2H6/c1-7-2-3-8-5-6(7)4-7;1-2/h6H,2-5H2,1H3;1-2H3/t6?,7-;/m0./s1. The fourth-order valence-electron chi connectivity index (χ4n) is 1.60. The van der Waals surface area contributed by atoms with Gasteiger partial charge in [-0.15, -0.1) is 0 Å². The molecule has 1 nitrogen and oxygen atoms in total. The summed E-state index contributed by atoms with van der Waals surface area (Å²) in [5.41, 5.74) is 0.720. The molecule has 2 rings (SSSR count). The fourth-order valence-corrected chi connectivity index (χ4v) is 1.60. The van der Waals surface area contributed by atoms with Gasteiger partial charge in [0.15, 0.2) is 0 Å². The Morgan fingerprint density at radius 1 is 1.40 bits per heavy atom. The van der Waals surface area contributed by atoms with Gasteiger partial charge in [0, 0.05) is 13.2 Å². The van der Waals surface area contributed by atoms with Crippen LogP contribution >= 0.6 is 0 Å². The molecular formula is C9H18O. The lowest BCUT2D eigenvalue weighted by atomic mass is 10.0. The molecule has 0 spiro atoms. The van der Waals surface area contributed by atoms with Gasteiger partial charge in [0.2, 0.25) is 0 Å². The zero-order valence-corrected chi connectivity index (χ0v) is 7.31. The Morgan fingerprint density at radius 3 is 2.50 bits per heavy atom. The molecule has 0 radical (unpaired) electrons. The minimum Gasteiger partial charge on any atom is -0.381 e. The van der Waals surface area contributed by atoms with Gasteiger partial charge in [-0.3, -0.25) is 0 Å². The monoisotopic (exact) mass is 142 g/mol. The van der Waals surface area contributed by atoms with E-state index in [9.17, 15) is 0 Å². The quantitative estimate of drug-likeness (QED) is 0.505. The average Bonchev–Trinajstić information content (AvgIpc) is 2.64. The largest absolute Gasteiger partial charge is 0.381 e. The first-order valence-corrected chi connectivity index (χ1v) is 4.39. The summed E-state index contributed by atoms with van der Waals surface area (Å²) in [4.78, 5) is 0. The lowest BCUT2D eigenvalue weighted by molar-refractivity contribution is 0.0667. The van der Waals surface area contributed by atoms with E-state index in [1.807, 2.05) is 13.8 Å². The number of hydrogen-bond donors (Lipinski definition) is 0. The molecule has 1 aliphatic heterocycles. The smallest absolute Gasteiger partial charge is 0.0499 e. The molecule has 0 aromatic rings. The summed E-state index contributed by atoms with van der Waals surface area (Å²) in [5, 5.41) is 0. The zero-order chi connectivity index (χ0) is 7.61. The maximum absolute atomic E-state index is 5.29. The van der Waals surface area contributed by atoms with Crippen molar-refractivity contribution in [3.05, 3.63) is 0 Å². The van der Waals surface area contributed by atoms with Crippen LogP contribution in [-0.4, -0.2) is 13.2 Å². The molecule has 0 N–H and O–H groups in total. The van der Waals surface area contributed by atoms with Gasteiger partial charge < -0.3 is 4.74 Å². The molecule has 1 saturated heterocycles. The number of hydrogen-bond acceptors (Lipinski definition) is 1. The summed E-state index contributed by atoms with van der Waals surface area (Å²) < 4.78 is 5.29. The average molecular weight is 142 g/mol. The summed E-state index contributed by atoms with van der Waals surface area (Å²) >= 11 is 0. The molecule has 1 aliphatic carbocycles. The third-order valence-electron chi connectivity index (χ3n) is 2.67. The number of rotatable bonds is 0. The van der Waals surface area contributed by atoms with Crippen LogP contribution in [0.3, 0.4) is 0 Å². The topological polar surface area (TPSA) is 9.23 Å². The van der Waals surface area contributed by atoms with Crippen LogP contribution < -0.4 is 0 Å². The van der Waals surface area contributed by atoms with Crippen LogP contribution in [0.15, 0.2) is 0 Å². The summed E-state index contributed by atoms with van der Waals surface area (Å²) in [6, 6.07) is 0. The Morgan fingerprint density at radius 2 is 2.10 bits per heavy atom. The van der Waals surface area contributed by atoms with Gasteiger partial charge in [-0.05, 0) is 24.2 Å². The van der Waals surface area contributed by atoms with Crippen molar-refractivity contribution in [2.75, 3.05) is 13.2 Å². The molecule has 1 heteroatoms. The van der Waals surface area contributed by atoms with E-state index in [-0.39, 0.29) is 0 Å². The molecule has 0 aromatic heterocycles. The molecule has 10 heavy (non-hydrogen) atoms. The van der Waals surface area contributed by atoms with Crippen LogP contribution in [0.4, 0.5) is 0 Å². The molecule has 0 bridgehead atoms. The lowest BCUT2D eigenvalue weighted by Gasteiger charge is -2.16. The predicted octanol–water partition coefficient (Wildman–Crippen LogP) is 2.46. The third-order valence-corrected chi connectivity index (χ3v) is 2.67. The maximum atomic E-state index is 5.29. The predicted molar refractivity (Wildman–Crippen MR) is 43.0 cm³/mol. The maximum Gasteiger partial charge on any atom is 0.0499 e. The van der Waals surface area contributed by atoms with Gasteiger partial charge in [0.25, 0.3) is 0 Å². The van der Waals surface area contributed by atoms with Gasteiger partial charge >= 0.3 is 0 Å². The Hall–Kier alpha value is -0.0400. The Kier molecular flexibility index (Phi) is 2.35. The van der Waals surface area contributed by atoms with E-state index in [1.54, 1.807) is 0 Å². The van der Waals surface area contributed by atoms with Crippen LogP contribution in [0, 0.1) is 11.3 Å². The van der Waals surface area contributed by atoms with E-state index in [0.717, 1.165) is 24.5 Å². The van der Waals surface area contributed by atoms with Crippen LogP contribution in [0.2, 0.25) is 0 Å². The Bertz CT molecular complexity index is 109. The second kappa shape index (κ2) is 2.91. The third kappa shape index (κ3) is 1.34. The molecule has 0 amide bonds. The number of ether oxygens (including phenoxy) is 1. The first kappa shape index (κ1) is 8.06. The highest BCUT2D eigenvalue weighted by atomic mass is 16.5. The SMILES string of the molecule is CC.C[C@@]12CCOCC1C2. The zero-order valence-electron chi connectivity index (χ0n) is 7.31. The van der Waals surface area contributed by atoms with E-state index in [1.165, 1.54) is 12.8 Å². The van der Waals surface area contributed by atoms with E-state index < -0.39 is 0 Å². The van der Waals surface area contributed by atoms with Gasteiger partial charge in [-0.25, -0.2) is 0 Å². The van der Waals surface area contributed by atoms with Crippen molar-refractivity contribution in [3.8, 4) is 0 Å².